The van der Waals surface area contributed by atoms with E-state index in [1.54, 1.807) is 22.8 Å². The summed E-state index contributed by atoms with van der Waals surface area (Å²) in [6.45, 7) is 6.27. The maximum atomic E-state index is 12.8. The second-order valence-corrected chi connectivity index (χ2v) is 9.71. The minimum atomic E-state index is -4.68. The van der Waals surface area contributed by atoms with Crippen LogP contribution in [-0.2, 0) is 6.54 Å². The van der Waals surface area contributed by atoms with E-state index in [-0.39, 0.29) is 11.7 Å². The third-order valence-corrected chi connectivity index (χ3v) is 7.19. The van der Waals surface area contributed by atoms with Gasteiger partial charge in [-0.25, -0.2) is 4.52 Å². The fraction of sp³-hybridized carbons (Fsp3) is 0.310. The molecule has 1 aliphatic rings. The van der Waals surface area contributed by atoms with Crippen LogP contribution in [0.5, 0.6) is 5.75 Å². The van der Waals surface area contributed by atoms with E-state index in [0.717, 1.165) is 53.7 Å². The molecule has 0 atom stereocenters. The van der Waals surface area contributed by atoms with Crippen molar-refractivity contribution in [2.45, 2.75) is 45.5 Å². The molecule has 0 aliphatic carbocycles. The Balaban J connectivity index is 1.20. The number of ether oxygens (including phenoxy) is 1. The highest BCUT2D eigenvalue weighted by Gasteiger charge is 2.31. The molecule has 0 saturated carbocycles. The quantitative estimate of drug-likeness (QED) is 0.329. The van der Waals surface area contributed by atoms with Crippen molar-refractivity contribution in [3.8, 4) is 5.75 Å². The Bertz CT molecular complexity index is 1440. The van der Waals surface area contributed by atoms with Crippen LogP contribution >= 0.6 is 0 Å². The monoisotopic (exact) mass is 522 g/mol. The Morgan fingerprint density at radius 2 is 1.79 bits per heavy atom. The standard InChI is InChI=1S/C29H29F3N4O2/c1-19-16-27(35-13-10-22(11-14-35)21-6-8-24(9-7-21)38-29(30,31)32)20(2)15-23(19)17-33-28(37)25-18-34-36-12-4-3-5-26(25)36/h3-9,12,15-16,18,22H,10-11,13-14,17H2,1-2H3,(H,33,37). The van der Waals surface area contributed by atoms with Gasteiger partial charge >= 0.3 is 6.36 Å². The molecule has 4 aromatic rings. The average Bonchev–Trinajstić information content (AvgIpc) is 3.33. The maximum absolute atomic E-state index is 12.8. The highest BCUT2D eigenvalue weighted by Crippen LogP contribution is 2.34. The Morgan fingerprint density at radius 1 is 1.05 bits per heavy atom. The van der Waals surface area contributed by atoms with Crippen molar-refractivity contribution in [2.24, 2.45) is 0 Å². The Kier molecular flexibility index (Phi) is 7.01. The largest absolute Gasteiger partial charge is 0.573 e. The van der Waals surface area contributed by atoms with Gasteiger partial charge in [0.2, 0.25) is 0 Å². The Morgan fingerprint density at radius 3 is 2.50 bits per heavy atom. The van der Waals surface area contributed by atoms with Crippen molar-refractivity contribution >= 4 is 17.1 Å². The molecule has 0 radical (unpaired) electrons. The van der Waals surface area contributed by atoms with Gasteiger partial charge in [-0.2, -0.15) is 5.10 Å². The summed E-state index contributed by atoms with van der Waals surface area (Å²) in [5, 5.41) is 7.26. The number of carbonyl (C=O) groups is 1. The minimum Gasteiger partial charge on any atom is -0.406 e. The molecule has 9 heteroatoms. The summed E-state index contributed by atoms with van der Waals surface area (Å²) >= 11 is 0. The predicted molar refractivity (Wildman–Crippen MR) is 140 cm³/mol. The zero-order chi connectivity index (χ0) is 26.9. The van der Waals surface area contributed by atoms with Crippen LogP contribution in [0.15, 0.2) is 67.0 Å². The molecule has 2 aromatic carbocycles. The lowest BCUT2D eigenvalue weighted by Gasteiger charge is -2.35. The van der Waals surface area contributed by atoms with Crippen molar-refractivity contribution in [1.29, 1.82) is 0 Å². The summed E-state index contributed by atoms with van der Waals surface area (Å²) in [5.41, 5.74) is 6.82. The number of halogens is 3. The predicted octanol–water partition coefficient (Wildman–Crippen LogP) is 6.16. The molecule has 1 saturated heterocycles. The van der Waals surface area contributed by atoms with Gasteiger partial charge in [-0.05, 0) is 85.2 Å². The summed E-state index contributed by atoms with van der Waals surface area (Å²) in [7, 11) is 0. The number of anilines is 1. The number of carbonyl (C=O) groups excluding carboxylic acids is 1. The van der Waals surface area contributed by atoms with E-state index >= 15 is 0 Å². The lowest BCUT2D eigenvalue weighted by atomic mass is 9.89. The van der Waals surface area contributed by atoms with Crippen LogP contribution in [0.2, 0.25) is 0 Å². The molecule has 198 valence electrons. The maximum Gasteiger partial charge on any atom is 0.573 e. The highest BCUT2D eigenvalue weighted by molar-refractivity contribution is 6.00. The zero-order valence-electron chi connectivity index (χ0n) is 21.3. The summed E-state index contributed by atoms with van der Waals surface area (Å²) in [4.78, 5) is 15.2. The molecule has 0 spiro atoms. The van der Waals surface area contributed by atoms with Crippen LogP contribution in [0, 0.1) is 13.8 Å². The molecule has 6 nitrogen and oxygen atoms in total. The van der Waals surface area contributed by atoms with Gasteiger partial charge in [-0.3, -0.25) is 4.79 Å². The van der Waals surface area contributed by atoms with Crippen LogP contribution in [0.25, 0.3) is 5.52 Å². The van der Waals surface area contributed by atoms with E-state index < -0.39 is 6.36 Å². The van der Waals surface area contributed by atoms with Gasteiger partial charge in [-0.15, -0.1) is 13.2 Å². The van der Waals surface area contributed by atoms with Crippen molar-refractivity contribution in [3.05, 3.63) is 94.8 Å². The van der Waals surface area contributed by atoms with Gasteiger partial charge in [0.1, 0.15) is 5.75 Å². The number of nitrogens with one attached hydrogen (secondary N) is 1. The first-order valence-electron chi connectivity index (χ1n) is 12.6. The molecule has 5 rings (SSSR count). The van der Waals surface area contributed by atoms with Gasteiger partial charge in [0.25, 0.3) is 5.91 Å². The number of hydrogen-bond donors (Lipinski definition) is 1. The number of hydrogen-bond acceptors (Lipinski definition) is 4. The van der Waals surface area contributed by atoms with E-state index in [2.05, 4.69) is 46.0 Å². The molecule has 0 bridgehead atoms. The summed E-state index contributed by atoms with van der Waals surface area (Å²) in [6, 6.07) is 16.2. The topological polar surface area (TPSA) is 58.9 Å². The fourth-order valence-corrected chi connectivity index (χ4v) is 5.17. The lowest BCUT2D eigenvalue weighted by Crippen LogP contribution is -2.33. The van der Waals surface area contributed by atoms with Gasteiger partial charge < -0.3 is 15.0 Å². The highest BCUT2D eigenvalue weighted by atomic mass is 19.4. The number of pyridine rings is 1. The second kappa shape index (κ2) is 10.4. The van der Waals surface area contributed by atoms with Crippen LogP contribution in [-0.4, -0.2) is 35.0 Å². The van der Waals surface area contributed by atoms with E-state index in [1.807, 2.05) is 24.4 Å². The first kappa shape index (κ1) is 25.6. The average molecular weight is 523 g/mol. The number of nitrogens with zero attached hydrogens (tertiary/aromatic N) is 3. The van der Waals surface area contributed by atoms with Crippen molar-refractivity contribution in [3.63, 3.8) is 0 Å². The Labute approximate surface area is 219 Å². The molecule has 1 amide bonds. The normalized spacial score (nSPS) is 14.6. The molecular weight excluding hydrogens is 493 g/mol. The third-order valence-electron chi connectivity index (χ3n) is 7.19. The first-order valence-corrected chi connectivity index (χ1v) is 12.6. The van der Waals surface area contributed by atoms with E-state index in [4.69, 9.17) is 0 Å². The van der Waals surface area contributed by atoms with Gasteiger partial charge in [0.05, 0.1) is 17.3 Å². The number of piperidine rings is 1. The van der Waals surface area contributed by atoms with Gasteiger partial charge in [-0.1, -0.05) is 24.3 Å². The summed E-state index contributed by atoms with van der Waals surface area (Å²) < 4.78 is 42.9. The number of amides is 1. The molecule has 38 heavy (non-hydrogen) atoms. The summed E-state index contributed by atoms with van der Waals surface area (Å²) in [6.07, 6.45) is 0.536. The Hall–Kier alpha value is -4.01. The molecule has 3 heterocycles. The third kappa shape index (κ3) is 5.61. The molecular formula is C29H29F3N4O2. The number of alkyl halides is 3. The number of aryl methyl sites for hydroxylation is 2. The molecule has 1 fully saturated rings. The van der Waals surface area contributed by atoms with Crippen molar-refractivity contribution in [1.82, 2.24) is 14.9 Å². The number of fused-ring (bicyclic) bond motifs is 1. The van der Waals surface area contributed by atoms with Crippen LogP contribution < -0.4 is 15.0 Å². The van der Waals surface area contributed by atoms with Crippen LogP contribution in [0.1, 0.15) is 51.4 Å². The lowest BCUT2D eigenvalue weighted by molar-refractivity contribution is -0.274. The van der Waals surface area contributed by atoms with E-state index in [9.17, 15) is 18.0 Å². The smallest absolute Gasteiger partial charge is 0.406 e. The van der Waals surface area contributed by atoms with E-state index in [1.165, 1.54) is 17.8 Å². The number of benzene rings is 2. The van der Waals surface area contributed by atoms with Gasteiger partial charge in [0, 0.05) is 31.5 Å². The molecule has 1 aliphatic heterocycles. The zero-order valence-corrected chi connectivity index (χ0v) is 21.3. The number of aromatic nitrogens is 2. The number of rotatable bonds is 6. The van der Waals surface area contributed by atoms with E-state index in [0.29, 0.717) is 18.0 Å². The van der Waals surface area contributed by atoms with Gasteiger partial charge in [0.15, 0.2) is 0 Å². The van der Waals surface area contributed by atoms with Crippen molar-refractivity contribution < 1.29 is 22.7 Å². The molecule has 1 N–H and O–H groups in total. The van der Waals surface area contributed by atoms with Crippen molar-refractivity contribution in [2.75, 3.05) is 18.0 Å². The first-order chi connectivity index (χ1) is 18.2. The second-order valence-electron chi connectivity index (χ2n) is 9.71. The van der Waals surface area contributed by atoms with Crippen LogP contribution in [0.3, 0.4) is 0 Å². The molecule has 0 unspecified atom stereocenters. The SMILES string of the molecule is Cc1cc(N2CCC(c3ccc(OC(F)(F)F)cc3)CC2)c(C)cc1CNC(=O)c1cnn2ccccc12. The minimum absolute atomic E-state index is 0.160. The van der Waals surface area contributed by atoms with Crippen LogP contribution in [0.4, 0.5) is 18.9 Å². The fourth-order valence-electron chi connectivity index (χ4n) is 5.17. The molecule has 2 aromatic heterocycles. The summed E-state index contributed by atoms with van der Waals surface area (Å²) in [5.74, 6) is -0.0610.